The lowest BCUT2D eigenvalue weighted by atomic mass is 10.1. The zero-order chi connectivity index (χ0) is 19.9. The zero-order valence-electron chi connectivity index (χ0n) is 16.9. The minimum Gasteiger partial charge on any atom is -0.497 e. The summed E-state index contributed by atoms with van der Waals surface area (Å²) in [7, 11) is 3.33. The molecule has 0 radical (unpaired) electrons. The van der Waals surface area contributed by atoms with E-state index < -0.39 is 0 Å². The Morgan fingerprint density at radius 2 is 1.75 bits per heavy atom. The predicted molar refractivity (Wildman–Crippen MR) is 110 cm³/mol. The molecular weight excluding hydrogens is 354 g/mol. The molecular formula is C22H30N3O3+. The number of quaternary nitrogens is 1. The molecule has 0 unspecified atom stereocenters. The summed E-state index contributed by atoms with van der Waals surface area (Å²) in [5.74, 6) is 1.75. The number of anilines is 1. The van der Waals surface area contributed by atoms with Crippen LogP contribution in [0.3, 0.4) is 0 Å². The van der Waals surface area contributed by atoms with E-state index in [9.17, 15) is 4.79 Å². The summed E-state index contributed by atoms with van der Waals surface area (Å²) in [6, 6.07) is 15.9. The second kappa shape index (κ2) is 9.46. The van der Waals surface area contributed by atoms with E-state index in [1.165, 1.54) is 10.6 Å². The van der Waals surface area contributed by atoms with Gasteiger partial charge in [0.2, 0.25) is 0 Å². The summed E-state index contributed by atoms with van der Waals surface area (Å²) in [4.78, 5) is 16.3. The highest BCUT2D eigenvalue weighted by atomic mass is 16.5. The molecule has 1 heterocycles. The topological polar surface area (TPSA) is 55.2 Å². The number of methoxy groups -OCH3 is 2. The molecule has 28 heavy (non-hydrogen) atoms. The molecule has 0 spiro atoms. The molecule has 1 aliphatic rings. The minimum atomic E-state index is -0.0762. The van der Waals surface area contributed by atoms with Gasteiger partial charge in [0.25, 0.3) is 5.91 Å². The molecule has 1 atom stereocenters. The molecule has 0 bridgehead atoms. The zero-order valence-corrected chi connectivity index (χ0v) is 16.9. The van der Waals surface area contributed by atoms with Gasteiger partial charge in [0.05, 0.1) is 40.4 Å². The number of piperazine rings is 1. The normalized spacial score (nSPS) is 15.8. The fourth-order valence-corrected chi connectivity index (χ4v) is 3.65. The lowest BCUT2D eigenvalue weighted by Crippen LogP contribution is -3.19. The Morgan fingerprint density at radius 1 is 1.07 bits per heavy atom. The second-order valence-electron chi connectivity index (χ2n) is 7.09. The van der Waals surface area contributed by atoms with E-state index in [2.05, 4.69) is 22.3 Å². The van der Waals surface area contributed by atoms with Crippen LogP contribution >= 0.6 is 0 Å². The van der Waals surface area contributed by atoms with Crippen molar-refractivity contribution < 1.29 is 19.2 Å². The Balaban J connectivity index is 1.49. The van der Waals surface area contributed by atoms with E-state index in [0.717, 1.165) is 43.2 Å². The standard InChI is InChI=1S/C22H29N3O3/c1-17(22(26)23-16-18-6-4-5-7-21(18)28-3)24-12-14-25(15-13-24)19-8-10-20(27-2)11-9-19/h4-11,17H,12-16H2,1-3H3,(H,23,26)/p+1/t17-/m1/s1. The third-order valence-electron chi connectivity index (χ3n) is 5.49. The average molecular weight is 385 g/mol. The first-order valence-electron chi connectivity index (χ1n) is 9.75. The van der Waals surface area contributed by atoms with Crippen LogP contribution in [-0.2, 0) is 11.3 Å². The van der Waals surface area contributed by atoms with Crippen molar-refractivity contribution in [3.05, 3.63) is 54.1 Å². The number of carbonyl (C=O) groups excluding carboxylic acids is 1. The molecule has 150 valence electrons. The van der Waals surface area contributed by atoms with Gasteiger partial charge in [-0.05, 0) is 37.3 Å². The number of para-hydroxylation sites is 1. The van der Waals surface area contributed by atoms with Gasteiger partial charge in [-0.3, -0.25) is 4.79 Å². The van der Waals surface area contributed by atoms with Crippen LogP contribution in [0.2, 0.25) is 0 Å². The van der Waals surface area contributed by atoms with Gasteiger partial charge in [-0.15, -0.1) is 0 Å². The van der Waals surface area contributed by atoms with Crippen molar-refractivity contribution in [3.8, 4) is 11.5 Å². The van der Waals surface area contributed by atoms with Crippen LogP contribution in [0.1, 0.15) is 12.5 Å². The maximum absolute atomic E-state index is 12.6. The largest absolute Gasteiger partial charge is 0.497 e. The number of nitrogens with zero attached hydrogens (tertiary/aromatic N) is 1. The maximum atomic E-state index is 12.6. The number of benzene rings is 2. The molecule has 1 fully saturated rings. The summed E-state index contributed by atoms with van der Waals surface area (Å²) >= 11 is 0. The van der Waals surface area contributed by atoms with E-state index in [0.29, 0.717) is 6.54 Å². The van der Waals surface area contributed by atoms with Crippen molar-refractivity contribution in [2.24, 2.45) is 0 Å². The van der Waals surface area contributed by atoms with Crippen LogP contribution in [0.4, 0.5) is 5.69 Å². The van der Waals surface area contributed by atoms with Crippen LogP contribution in [0.5, 0.6) is 11.5 Å². The highest BCUT2D eigenvalue weighted by Gasteiger charge is 2.29. The molecule has 1 amide bonds. The number of rotatable bonds is 7. The van der Waals surface area contributed by atoms with E-state index in [1.54, 1.807) is 14.2 Å². The smallest absolute Gasteiger partial charge is 0.278 e. The quantitative estimate of drug-likeness (QED) is 0.751. The van der Waals surface area contributed by atoms with E-state index in [-0.39, 0.29) is 11.9 Å². The van der Waals surface area contributed by atoms with Gasteiger partial charge in [0.1, 0.15) is 11.5 Å². The monoisotopic (exact) mass is 384 g/mol. The third kappa shape index (κ3) is 4.75. The Bertz CT molecular complexity index is 771. The molecule has 6 heteroatoms. The first-order chi connectivity index (χ1) is 13.6. The summed E-state index contributed by atoms with van der Waals surface area (Å²) < 4.78 is 10.6. The number of amides is 1. The van der Waals surface area contributed by atoms with E-state index in [1.807, 2.05) is 43.3 Å². The molecule has 2 aromatic carbocycles. The first kappa shape index (κ1) is 20.0. The Kier molecular flexibility index (Phi) is 6.76. The lowest BCUT2D eigenvalue weighted by molar-refractivity contribution is -0.914. The Labute approximate surface area is 167 Å². The third-order valence-corrected chi connectivity index (χ3v) is 5.49. The second-order valence-corrected chi connectivity index (χ2v) is 7.09. The minimum absolute atomic E-state index is 0.0762. The van der Waals surface area contributed by atoms with Gasteiger partial charge in [-0.25, -0.2) is 0 Å². The maximum Gasteiger partial charge on any atom is 0.278 e. The SMILES string of the molecule is COc1ccc(N2CC[NH+]([C@H](C)C(=O)NCc3ccccc3OC)CC2)cc1. The lowest BCUT2D eigenvalue weighted by Gasteiger charge is -2.36. The number of nitrogens with one attached hydrogen (secondary N) is 2. The summed E-state index contributed by atoms with van der Waals surface area (Å²) in [5.41, 5.74) is 2.19. The van der Waals surface area contributed by atoms with Crippen LogP contribution in [0.25, 0.3) is 0 Å². The average Bonchev–Trinajstić information content (AvgIpc) is 2.77. The van der Waals surface area contributed by atoms with E-state index >= 15 is 0 Å². The van der Waals surface area contributed by atoms with Crippen molar-refractivity contribution in [1.29, 1.82) is 0 Å². The molecule has 0 aliphatic carbocycles. The van der Waals surface area contributed by atoms with Crippen molar-refractivity contribution in [2.45, 2.75) is 19.5 Å². The van der Waals surface area contributed by atoms with Crippen molar-refractivity contribution in [2.75, 3.05) is 45.3 Å². The van der Waals surface area contributed by atoms with Crippen molar-refractivity contribution in [1.82, 2.24) is 5.32 Å². The summed E-state index contributed by atoms with van der Waals surface area (Å²) in [6.45, 7) is 6.25. The van der Waals surface area contributed by atoms with Gasteiger partial charge in [0.15, 0.2) is 6.04 Å². The first-order valence-corrected chi connectivity index (χ1v) is 9.75. The molecule has 2 aromatic rings. The van der Waals surface area contributed by atoms with Crippen LogP contribution in [0, 0.1) is 0 Å². The molecule has 6 nitrogen and oxygen atoms in total. The highest BCUT2D eigenvalue weighted by Crippen LogP contribution is 2.19. The molecule has 2 N–H and O–H groups in total. The number of ether oxygens (including phenoxy) is 2. The van der Waals surface area contributed by atoms with Gasteiger partial charge in [-0.1, -0.05) is 18.2 Å². The van der Waals surface area contributed by atoms with Gasteiger partial charge in [0, 0.05) is 17.8 Å². The molecule has 0 aromatic heterocycles. The number of hydrogen-bond acceptors (Lipinski definition) is 4. The summed E-state index contributed by atoms with van der Waals surface area (Å²) in [5, 5.41) is 3.06. The molecule has 1 saturated heterocycles. The fraction of sp³-hybridized carbons (Fsp3) is 0.409. The summed E-state index contributed by atoms with van der Waals surface area (Å²) in [6.07, 6.45) is 0. The van der Waals surface area contributed by atoms with Gasteiger partial charge < -0.3 is 24.6 Å². The van der Waals surface area contributed by atoms with Crippen LogP contribution < -0.4 is 24.6 Å². The van der Waals surface area contributed by atoms with Crippen LogP contribution in [-0.4, -0.2) is 52.3 Å². The van der Waals surface area contributed by atoms with E-state index in [4.69, 9.17) is 9.47 Å². The molecule has 1 aliphatic heterocycles. The molecule has 0 saturated carbocycles. The van der Waals surface area contributed by atoms with Gasteiger partial charge >= 0.3 is 0 Å². The predicted octanol–water partition coefficient (Wildman–Crippen LogP) is 1.11. The number of carbonyl (C=O) groups is 1. The molecule has 3 rings (SSSR count). The van der Waals surface area contributed by atoms with Crippen molar-refractivity contribution >= 4 is 11.6 Å². The Hall–Kier alpha value is -2.73. The van der Waals surface area contributed by atoms with Gasteiger partial charge in [-0.2, -0.15) is 0 Å². The fourth-order valence-electron chi connectivity index (χ4n) is 3.65. The Morgan fingerprint density at radius 3 is 2.39 bits per heavy atom. The van der Waals surface area contributed by atoms with Crippen LogP contribution in [0.15, 0.2) is 48.5 Å². The highest BCUT2D eigenvalue weighted by molar-refractivity contribution is 5.80. The number of hydrogen-bond donors (Lipinski definition) is 2. The van der Waals surface area contributed by atoms with Crippen molar-refractivity contribution in [3.63, 3.8) is 0 Å².